The summed E-state index contributed by atoms with van der Waals surface area (Å²) in [6, 6.07) is 1.90. The summed E-state index contributed by atoms with van der Waals surface area (Å²) in [7, 11) is 3.54. The van der Waals surface area contributed by atoms with Crippen molar-refractivity contribution in [2.45, 2.75) is 26.8 Å². The molecule has 6 heteroatoms. The maximum absolute atomic E-state index is 11.8. The second-order valence-corrected chi connectivity index (χ2v) is 5.83. The molecule has 0 aromatic carbocycles. The van der Waals surface area contributed by atoms with Crippen molar-refractivity contribution in [3.8, 4) is 0 Å². The van der Waals surface area contributed by atoms with Gasteiger partial charge in [0.1, 0.15) is 5.76 Å². The predicted octanol–water partition coefficient (Wildman–Crippen LogP) is 2.31. The number of aryl methyl sites for hydroxylation is 3. The number of hydrogen-bond acceptors (Lipinski definition) is 4. The Morgan fingerprint density at radius 3 is 2.92 bits per heavy atom. The van der Waals surface area contributed by atoms with Crippen LogP contribution in [0.15, 0.2) is 41.5 Å². The molecule has 0 saturated carbocycles. The molecule has 134 valence electrons. The quantitative estimate of drug-likeness (QED) is 0.439. The molecule has 2 heterocycles. The largest absolute Gasteiger partial charge is 0.496 e. The van der Waals surface area contributed by atoms with Crippen molar-refractivity contribution >= 4 is 5.76 Å². The zero-order chi connectivity index (χ0) is 18.2. The van der Waals surface area contributed by atoms with Gasteiger partial charge in [-0.3, -0.25) is 9.48 Å². The molecule has 0 aliphatic rings. The lowest BCUT2D eigenvalue weighted by atomic mass is 10.1. The zero-order valence-electron chi connectivity index (χ0n) is 15.3. The number of nitrogens with one attached hydrogen (secondary N) is 2. The van der Waals surface area contributed by atoms with Gasteiger partial charge < -0.3 is 15.0 Å². The van der Waals surface area contributed by atoms with E-state index in [0.29, 0.717) is 6.42 Å². The summed E-state index contributed by atoms with van der Waals surface area (Å²) in [4.78, 5) is 14.7. The van der Waals surface area contributed by atoms with Gasteiger partial charge >= 0.3 is 0 Å². The Kier molecular flexibility index (Phi) is 6.77. The van der Waals surface area contributed by atoms with Gasteiger partial charge in [0.15, 0.2) is 0 Å². The third kappa shape index (κ3) is 5.19. The van der Waals surface area contributed by atoms with E-state index in [1.54, 1.807) is 11.8 Å². The van der Waals surface area contributed by atoms with Crippen LogP contribution in [0.3, 0.4) is 0 Å². The Balaban J connectivity index is 1.99. The number of nitrogens with zero attached hydrogens (tertiary/aromatic N) is 2. The Morgan fingerprint density at radius 1 is 1.48 bits per heavy atom. The number of methoxy groups -OCH3 is 1. The van der Waals surface area contributed by atoms with Crippen LogP contribution in [0.2, 0.25) is 0 Å². The van der Waals surface area contributed by atoms with E-state index in [1.165, 1.54) is 0 Å². The maximum atomic E-state index is 11.8. The predicted molar refractivity (Wildman–Crippen MR) is 100 cm³/mol. The van der Waals surface area contributed by atoms with Gasteiger partial charge in [-0.05, 0) is 25.5 Å². The smallest absolute Gasteiger partial charge is 0.251 e. The molecule has 0 bridgehead atoms. The molecule has 0 unspecified atom stereocenters. The van der Waals surface area contributed by atoms with Gasteiger partial charge in [-0.15, -0.1) is 0 Å². The van der Waals surface area contributed by atoms with Crippen LogP contribution in [0.1, 0.15) is 29.3 Å². The van der Waals surface area contributed by atoms with Crippen LogP contribution in [0, 0.1) is 6.92 Å². The van der Waals surface area contributed by atoms with E-state index in [9.17, 15) is 4.79 Å². The summed E-state index contributed by atoms with van der Waals surface area (Å²) in [5.41, 5.74) is 3.59. The minimum absolute atomic E-state index is 0.0330. The second-order valence-electron chi connectivity index (χ2n) is 5.83. The van der Waals surface area contributed by atoms with Gasteiger partial charge in [0.05, 0.1) is 13.3 Å². The van der Waals surface area contributed by atoms with Crippen LogP contribution >= 0.6 is 0 Å². The molecule has 6 nitrogen and oxygen atoms in total. The first-order chi connectivity index (χ1) is 12.0. The molecule has 2 aromatic heterocycles. The van der Waals surface area contributed by atoms with E-state index >= 15 is 0 Å². The molecule has 2 rings (SSSR count). The number of aromatic amines is 1. The zero-order valence-corrected chi connectivity index (χ0v) is 15.3. The fraction of sp³-hybridized carbons (Fsp3) is 0.368. The van der Waals surface area contributed by atoms with Gasteiger partial charge in [0, 0.05) is 48.7 Å². The lowest BCUT2D eigenvalue weighted by Crippen LogP contribution is -2.14. The van der Waals surface area contributed by atoms with Crippen molar-refractivity contribution < 1.29 is 4.74 Å². The minimum Gasteiger partial charge on any atom is -0.496 e. The van der Waals surface area contributed by atoms with E-state index in [0.717, 1.165) is 41.2 Å². The van der Waals surface area contributed by atoms with Crippen molar-refractivity contribution in [2.75, 3.05) is 13.7 Å². The monoisotopic (exact) mass is 342 g/mol. The fourth-order valence-electron chi connectivity index (χ4n) is 2.54. The van der Waals surface area contributed by atoms with Crippen molar-refractivity contribution in [3.63, 3.8) is 0 Å². The standard InChI is InChI=1S/C19H26N4O2/c1-5-16-10-17(14(2)22-19(16)24)18(25-4)8-6-7-9-20-11-15-12-21-23(3)13-15/h6-8,10,12-13,20H,5,9,11H2,1-4H3,(H,22,24)/b7-6+,18-8-. The lowest BCUT2D eigenvalue weighted by Gasteiger charge is -2.10. The summed E-state index contributed by atoms with van der Waals surface area (Å²) in [6.45, 7) is 5.36. The molecular formula is C19H26N4O2. The fourth-order valence-corrected chi connectivity index (χ4v) is 2.54. The molecule has 0 aliphatic carbocycles. The highest BCUT2D eigenvalue weighted by atomic mass is 16.5. The molecule has 0 atom stereocenters. The molecular weight excluding hydrogens is 316 g/mol. The number of rotatable bonds is 8. The van der Waals surface area contributed by atoms with Crippen molar-refractivity contribution in [3.05, 3.63) is 69.4 Å². The van der Waals surface area contributed by atoms with E-state index in [-0.39, 0.29) is 5.56 Å². The van der Waals surface area contributed by atoms with Gasteiger partial charge in [0.2, 0.25) is 0 Å². The number of allylic oxidation sites excluding steroid dienone is 2. The maximum Gasteiger partial charge on any atom is 0.251 e. The molecule has 25 heavy (non-hydrogen) atoms. The van der Waals surface area contributed by atoms with Gasteiger partial charge in [-0.2, -0.15) is 5.10 Å². The highest BCUT2D eigenvalue weighted by molar-refractivity contribution is 5.63. The Labute approximate surface area is 148 Å². The highest BCUT2D eigenvalue weighted by Crippen LogP contribution is 2.18. The Morgan fingerprint density at radius 2 is 2.28 bits per heavy atom. The van der Waals surface area contributed by atoms with Crippen LogP contribution in [0.4, 0.5) is 0 Å². The number of H-pyrrole nitrogens is 1. The minimum atomic E-state index is -0.0330. The van der Waals surface area contributed by atoms with Crippen LogP contribution in [-0.4, -0.2) is 28.4 Å². The van der Waals surface area contributed by atoms with Crippen molar-refractivity contribution in [2.24, 2.45) is 7.05 Å². The lowest BCUT2D eigenvalue weighted by molar-refractivity contribution is 0.369. The summed E-state index contributed by atoms with van der Waals surface area (Å²) >= 11 is 0. The topological polar surface area (TPSA) is 71.9 Å². The van der Waals surface area contributed by atoms with Crippen molar-refractivity contribution in [1.82, 2.24) is 20.1 Å². The van der Waals surface area contributed by atoms with E-state index in [4.69, 9.17) is 4.74 Å². The summed E-state index contributed by atoms with van der Waals surface area (Å²) in [5, 5.41) is 7.46. The van der Waals surface area contributed by atoms with Gasteiger partial charge in [-0.25, -0.2) is 0 Å². The summed E-state index contributed by atoms with van der Waals surface area (Å²) < 4.78 is 7.28. The molecule has 0 saturated heterocycles. The number of ether oxygens (including phenoxy) is 1. The average molecular weight is 342 g/mol. The van der Waals surface area contributed by atoms with E-state index < -0.39 is 0 Å². The third-order valence-corrected chi connectivity index (χ3v) is 3.91. The van der Waals surface area contributed by atoms with Crippen LogP contribution in [0.25, 0.3) is 5.76 Å². The highest BCUT2D eigenvalue weighted by Gasteiger charge is 2.08. The molecule has 2 N–H and O–H groups in total. The van der Waals surface area contributed by atoms with Crippen molar-refractivity contribution in [1.29, 1.82) is 0 Å². The summed E-state index contributed by atoms with van der Waals surface area (Å²) in [5.74, 6) is 0.729. The van der Waals surface area contributed by atoms with E-state index in [1.807, 2.05) is 57.6 Å². The second kappa shape index (κ2) is 9.03. The first kappa shape index (κ1) is 18.7. The first-order valence-corrected chi connectivity index (χ1v) is 8.37. The van der Waals surface area contributed by atoms with Gasteiger partial charge in [0.25, 0.3) is 5.56 Å². The normalized spacial score (nSPS) is 12.1. The molecule has 0 spiro atoms. The average Bonchev–Trinajstić information content (AvgIpc) is 3.00. The molecule has 0 fully saturated rings. The van der Waals surface area contributed by atoms with Gasteiger partial charge in [-0.1, -0.05) is 19.1 Å². The number of pyridine rings is 1. The summed E-state index contributed by atoms with van der Waals surface area (Å²) in [6.07, 6.45) is 10.4. The Hall–Kier alpha value is -2.60. The Bertz CT molecular complexity index is 815. The number of aromatic nitrogens is 3. The van der Waals surface area contributed by atoms with Crippen LogP contribution in [-0.2, 0) is 24.8 Å². The number of hydrogen-bond donors (Lipinski definition) is 2. The van der Waals surface area contributed by atoms with Crippen LogP contribution < -0.4 is 10.9 Å². The first-order valence-electron chi connectivity index (χ1n) is 8.37. The molecule has 0 amide bonds. The molecule has 0 radical (unpaired) electrons. The SMILES string of the molecule is CCc1cc(/C(=C/C=C/CNCc2cnn(C)c2)OC)c(C)[nH]c1=O. The molecule has 0 aliphatic heterocycles. The molecule has 2 aromatic rings. The van der Waals surface area contributed by atoms with Crippen LogP contribution in [0.5, 0.6) is 0 Å². The van der Waals surface area contributed by atoms with E-state index in [2.05, 4.69) is 15.4 Å². The third-order valence-electron chi connectivity index (χ3n) is 3.91.